The van der Waals surface area contributed by atoms with Gasteiger partial charge in [-0.15, -0.1) is 0 Å². The van der Waals surface area contributed by atoms with Crippen LogP contribution in [-0.4, -0.2) is 46.6 Å². The Morgan fingerprint density at radius 1 is 1.16 bits per heavy atom. The minimum Gasteiger partial charge on any atom is -0.453 e. The Morgan fingerprint density at radius 2 is 1.86 bits per heavy atom. The average Bonchev–Trinajstić information content (AvgIpc) is 3.59. The number of nitrogens with zero attached hydrogens (tertiary/aromatic N) is 2. The quantitative estimate of drug-likeness (QED) is 0.473. The molecule has 0 bridgehead atoms. The summed E-state index contributed by atoms with van der Waals surface area (Å²) in [5.74, 6) is -2.83. The number of hydrogen-bond donors (Lipinski definition) is 2. The number of aromatic nitrogens is 2. The van der Waals surface area contributed by atoms with Crippen LogP contribution in [0.15, 0.2) is 42.6 Å². The zero-order chi connectivity index (χ0) is 26.5. The van der Waals surface area contributed by atoms with Gasteiger partial charge in [-0.1, -0.05) is 43.7 Å². The van der Waals surface area contributed by atoms with E-state index in [-0.39, 0.29) is 29.0 Å². The van der Waals surface area contributed by atoms with Crippen molar-refractivity contribution in [1.29, 1.82) is 0 Å². The molecule has 37 heavy (non-hydrogen) atoms. The van der Waals surface area contributed by atoms with Gasteiger partial charge >= 0.3 is 6.09 Å². The smallest absolute Gasteiger partial charge is 0.407 e. The van der Waals surface area contributed by atoms with Gasteiger partial charge in [0.15, 0.2) is 0 Å². The van der Waals surface area contributed by atoms with E-state index in [9.17, 15) is 9.59 Å². The van der Waals surface area contributed by atoms with Crippen LogP contribution in [0.5, 0.6) is 0 Å². The number of methoxy groups -OCH3 is 1. The lowest BCUT2D eigenvalue weighted by Crippen LogP contribution is -2.51. The number of benzene rings is 2. The number of halogens is 2. The molecule has 1 saturated heterocycles. The van der Waals surface area contributed by atoms with Crippen molar-refractivity contribution in [2.75, 3.05) is 13.7 Å². The Kier molecular flexibility index (Phi) is 6.25. The van der Waals surface area contributed by atoms with Gasteiger partial charge in [-0.3, -0.25) is 4.79 Å². The molecule has 0 saturated carbocycles. The van der Waals surface area contributed by atoms with E-state index >= 15 is 8.78 Å². The Hall–Kier alpha value is -3.75. The first-order valence-electron chi connectivity index (χ1n) is 12.5. The monoisotopic (exact) mass is 508 g/mol. The van der Waals surface area contributed by atoms with E-state index in [1.165, 1.54) is 13.2 Å². The number of hydrogen-bond acceptors (Lipinski definition) is 4. The molecule has 2 aliphatic rings. The first-order valence-corrected chi connectivity index (χ1v) is 12.5. The number of aromatic amines is 1. The molecular formula is C28H30F2N4O3. The van der Waals surface area contributed by atoms with Crippen LogP contribution >= 0.6 is 0 Å². The van der Waals surface area contributed by atoms with E-state index in [2.05, 4.69) is 20.0 Å². The van der Waals surface area contributed by atoms with Crippen LogP contribution in [0.1, 0.15) is 55.2 Å². The molecule has 1 aromatic heterocycles. The summed E-state index contributed by atoms with van der Waals surface area (Å²) < 4.78 is 35.4. The molecule has 2 aromatic carbocycles. The second-order valence-electron chi connectivity index (χ2n) is 10.1. The van der Waals surface area contributed by atoms with Crippen LogP contribution in [0.4, 0.5) is 13.6 Å². The minimum absolute atomic E-state index is 0.0203. The summed E-state index contributed by atoms with van der Waals surface area (Å²) in [5.41, 5.74) is 3.11. The summed E-state index contributed by atoms with van der Waals surface area (Å²) in [7, 11) is 1.26. The maximum atomic E-state index is 15.3. The number of likely N-dealkylation sites (tertiary alicyclic amines) is 1. The Bertz CT molecular complexity index is 1370. The van der Waals surface area contributed by atoms with Crippen LogP contribution in [-0.2, 0) is 15.5 Å². The number of alkyl carbamates (subject to hydrolysis) is 1. The molecule has 9 heteroatoms. The lowest BCUT2D eigenvalue weighted by molar-refractivity contribution is -0.135. The fourth-order valence-electron chi connectivity index (χ4n) is 5.35. The second kappa shape index (κ2) is 9.28. The minimum atomic E-state index is -3.08. The highest BCUT2D eigenvalue weighted by molar-refractivity contribution is 5.86. The average molecular weight is 509 g/mol. The van der Waals surface area contributed by atoms with Crippen molar-refractivity contribution in [3.63, 3.8) is 0 Å². The molecular weight excluding hydrogens is 478 g/mol. The summed E-state index contributed by atoms with van der Waals surface area (Å²) in [6.45, 7) is 6.06. The van der Waals surface area contributed by atoms with E-state index in [0.717, 1.165) is 12.0 Å². The number of ether oxygens (including phenoxy) is 1. The predicted molar refractivity (Wildman–Crippen MR) is 135 cm³/mol. The van der Waals surface area contributed by atoms with Crippen molar-refractivity contribution < 1.29 is 23.1 Å². The number of H-pyrrole nitrogens is 1. The van der Waals surface area contributed by atoms with Crippen molar-refractivity contribution in [2.24, 2.45) is 5.92 Å². The lowest BCUT2D eigenvalue weighted by atomic mass is 10.0. The summed E-state index contributed by atoms with van der Waals surface area (Å²) >= 11 is 0. The molecule has 7 nitrogen and oxygen atoms in total. The second-order valence-corrected chi connectivity index (χ2v) is 10.1. The number of carbonyl (C=O) groups excluding carboxylic acids is 2. The lowest BCUT2D eigenvalue weighted by Gasteiger charge is -2.30. The number of fused-ring (bicyclic) bond motifs is 3. The van der Waals surface area contributed by atoms with Crippen molar-refractivity contribution in [1.82, 2.24) is 20.2 Å². The fourth-order valence-corrected chi connectivity index (χ4v) is 5.35. The van der Waals surface area contributed by atoms with E-state index in [4.69, 9.17) is 0 Å². The Morgan fingerprint density at radius 3 is 2.57 bits per heavy atom. The van der Waals surface area contributed by atoms with Gasteiger partial charge < -0.3 is 19.9 Å². The molecule has 1 aliphatic carbocycles. The predicted octanol–water partition coefficient (Wildman–Crippen LogP) is 5.55. The van der Waals surface area contributed by atoms with Crippen molar-refractivity contribution in [3.05, 3.63) is 65.1 Å². The number of rotatable bonds is 5. The molecule has 2 amide bonds. The van der Waals surface area contributed by atoms with Crippen LogP contribution in [0, 0.1) is 12.8 Å². The van der Waals surface area contributed by atoms with Gasteiger partial charge in [0.2, 0.25) is 5.91 Å². The van der Waals surface area contributed by atoms with Gasteiger partial charge in [0.05, 0.1) is 25.0 Å². The first-order chi connectivity index (χ1) is 17.6. The highest BCUT2D eigenvalue weighted by Crippen LogP contribution is 2.52. The molecule has 194 valence electrons. The van der Waals surface area contributed by atoms with Crippen LogP contribution in [0.3, 0.4) is 0 Å². The summed E-state index contributed by atoms with van der Waals surface area (Å²) in [5, 5.41) is 2.63. The fraction of sp³-hybridized carbons (Fsp3) is 0.393. The van der Waals surface area contributed by atoms with Crippen molar-refractivity contribution >= 4 is 12.0 Å². The third-order valence-corrected chi connectivity index (χ3v) is 7.31. The summed E-state index contributed by atoms with van der Waals surface area (Å²) in [4.78, 5) is 34.7. The van der Waals surface area contributed by atoms with E-state index in [0.29, 0.717) is 41.2 Å². The van der Waals surface area contributed by atoms with Crippen LogP contribution in [0.2, 0.25) is 0 Å². The van der Waals surface area contributed by atoms with E-state index in [1.807, 2.05) is 32.9 Å². The van der Waals surface area contributed by atoms with Gasteiger partial charge in [0.1, 0.15) is 11.9 Å². The molecule has 5 rings (SSSR count). The van der Waals surface area contributed by atoms with Gasteiger partial charge in [-0.25, -0.2) is 9.78 Å². The normalized spacial score (nSPS) is 18.5. The first kappa shape index (κ1) is 24.9. The van der Waals surface area contributed by atoms with Crippen molar-refractivity contribution in [2.45, 2.75) is 51.6 Å². The van der Waals surface area contributed by atoms with Gasteiger partial charge in [0.25, 0.3) is 5.92 Å². The number of aryl methyl sites for hydroxylation is 1. The zero-order valence-corrected chi connectivity index (χ0v) is 21.3. The van der Waals surface area contributed by atoms with Gasteiger partial charge in [-0.05, 0) is 48.9 Å². The third-order valence-electron chi connectivity index (χ3n) is 7.31. The third kappa shape index (κ3) is 4.26. The topological polar surface area (TPSA) is 87.3 Å². The van der Waals surface area contributed by atoms with E-state index < -0.39 is 18.1 Å². The van der Waals surface area contributed by atoms with Crippen LogP contribution in [0.25, 0.3) is 22.4 Å². The number of amides is 2. The zero-order valence-electron chi connectivity index (χ0n) is 21.3. The van der Waals surface area contributed by atoms with Gasteiger partial charge in [-0.2, -0.15) is 8.78 Å². The Balaban J connectivity index is 1.41. The molecule has 1 fully saturated rings. The molecule has 0 spiro atoms. The van der Waals surface area contributed by atoms with Crippen LogP contribution < -0.4 is 5.32 Å². The maximum absolute atomic E-state index is 15.3. The SMILES string of the molecule is COC(=O)N[C@H](C(=O)N1CCCC1c1ncc(-c2ccc3c(c2)C(F)(F)c2cc(C)ccc2-3)[nH]1)C(C)C. The van der Waals surface area contributed by atoms with Gasteiger partial charge in [0, 0.05) is 23.2 Å². The van der Waals surface area contributed by atoms with Crippen molar-refractivity contribution in [3.8, 4) is 22.4 Å². The molecule has 1 unspecified atom stereocenters. The number of nitrogens with one attached hydrogen (secondary N) is 2. The molecule has 2 heterocycles. The summed E-state index contributed by atoms with van der Waals surface area (Å²) in [6, 6.07) is 9.19. The molecule has 1 aliphatic heterocycles. The van der Waals surface area contributed by atoms with E-state index in [1.54, 1.807) is 29.3 Å². The molecule has 3 aromatic rings. The standard InChI is InChI=1S/C28H30F2N4O3/c1-15(2)24(33-27(36)37-4)26(35)34-11-5-6-23(34)25-31-14-22(32-25)17-8-10-19-18-9-7-16(3)12-20(18)28(29,30)21(19)13-17/h7-10,12-15,23-24H,5-6,11H2,1-4H3,(H,31,32)(H,33,36)/t23?,24-/m0/s1. The largest absolute Gasteiger partial charge is 0.453 e. The number of carbonyl (C=O) groups is 2. The summed E-state index contributed by atoms with van der Waals surface area (Å²) in [6.07, 6.45) is 2.46. The number of alkyl halides is 2. The molecule has 0 radical (unpaired) electrons. The molecule has 2 atom stereocenters. The highest BCUT2D eigenvalue weighted by Gasteiger charge is 2.44. The highest BCUT2D eigenvalue weighted by atomic mass is 19.3. The number of imidazole rings is 1. The Labute approximate surface area is 214 Å². The molecule has 2 N–H and O–H groups in total. The maximum Gasteiger partial charge on any atom is 0.407 e.